The van der Waals surface area contributed by atoms with E-state index < -0.39 is 11.7 Å². The van der Waals surface area contributed by atoms with Gasteiger partial charge in [0.05, 0.1) is 17.3 Å². The summed E-state index contributed by atoms with van der Waals surface area (Å²) >= 11 is 0. The van der Waals surface area contributed by atoms with Crippen molar-refractivity contribution in [1.29, 1.82) is 0 Å². The van der Waals surface area contributed by atoms with Gasteiger partial charge in [0.25, 0.3) is 0 Å². The predicted molar refractivity (Wildman–Crippen MR) is 117 cm³/mol. The number of fused-ring (bicyclic) bond motifs is 1. The number of alkyl carbamates (subject to hydrolysis) is 1. The maximum atomic E-state index is 13.3. The van der Waals surface area contributed by atoms with Gasteiger partial charge in [-0.15, -0.1) is 0 Å². The zero-order valence-electron chi connectivity index (χ0n) is 17.7. The summed E-state index contributed by atoms with van der Waals surface area (Å²) in [6.07, 6.45) is 0.297. The highest BCUT2D eigenvalue weighted by atomic mass is 19.1. The maximum absolute atomic E-state index is 13.3. The number of halogens is 1. The third-order valence-electron chi connectivity index (χ3n) is 4.89. The fourth-order valence-electron chi connectivity index (χ4n) is 3.56. The Morgan fingerprint density at radius 3 is 2.61 bits per heavy atom. The monoisotopic (exact) mass is 424 g/mol. The van der Waals surface area contributed by atoms with Crippen LogP contribution in [0, 0.1) is 5.82 Å². The minimum absolute atomic E-state index is 0.0821. The van der Waals surface area contributed by atoms with Crippen LogP contribution < -0.4 is 16.0 Å². The van der Waals surface area contributed by atoms with Crippen LogP contribution in [-0.4, -0.2) is 45.8 Å². The maximum Gasteiger partial charge on any atom is 0.407 e. The number of carbonyl (C=O) groups is 1. The normalized spacial score (nSPS) is 16.5. The minimum Gasteiger partial charge on any atom is -0.444 e. The molecule has 4 rings (SSSR count). The highest BCUT2D eigenvalue weighted by Crippen LogP contribution is 2.29. The number of amides is 1. The molecule has 3 heterocycles. The molecule has 0 saturated carbocycles. The van der Waals surface area contributed by atoms with Crippen molar-refractivity contribution in [3.8, 4) is 11.3 Å². The summed E-state index contributed by atoms with van der Waals surface area (Å²) in [5.74, 6) is 0.462. The third kappa shape index (κ3) is 4.82. The number of carbonyl (C=O) groups excluding carboxylic acids is 1. The van der Waals surface area contributed by atoms with Gasteiger partial charge in [-0.25, -0.2) is 19.2 Å². The third-order valence-corrected chi connectivity index (χ3v) is 4.89. The molecule has 1 fully saturated rings. The van der Waals surface area contributed by atoms with Crippen LogP contribution in [0.15, 0.2) is 36.4 Å². The first-order valence-corrected chi connectivity index (χ1v) is 10.1. The number of nitrogens with zero attached hydrogens (tertiary/aromatic N) is 4. The lowest BCUT2D eigenvalue weighted by molar-refractivity contribution is 0.0509. The van der Waals surface area contributed by atoms with E-state index in [4.69, 9.17) is 15.5 Å². The van der Waals surface area contributed by atoms with Crippen molar-refractivity contribution in [3.63, 3.8) is 0 Å². The number of rotatable bonds is 3. The molecule has 1 saturated heterocycles. The molecule has 0 bridgehead atoms. The van der Waals surface area contributed by atoms with Crippen molar-refractivity contribution < 1.29 is 13.9 Å². The van der Waals surface area contributed by atoms with Crippen molar-refractivity contribution in [2.75, 3.05) is 23.7 Å². The van der Waals surface area contributed by atoms with E-state index in [9.17, 15) is 9.18 Å². The second kappa shape index (κ2) is 7.98. The number of hydrogen-bond acceptors (Lipinski definition) is 7. The largest absolute Gasteiger partial charge is 0.444 e. The summed E-state index contributed by atoms with van der Waals surface area (Å²) in [6, 6.07) is 9.72. The van der Waals surface area contributed by atoms with Gasteiger partial charge in [-0.3, -0.25) is 0 Å². The van der Waals surface area contributed by atoms with Crippen LogP contribution in [0.5, 0.6) is 0 Å². The lowest BCUT2D eigenvalue weighted by atomic mass is 10.1. The van der Waals surface area contributed by atoms with Crippen molar-refractivity contribution in [3.05, 3.63) is 42.2 Å². The first-order chi connectivity index (χ1) is 14.7. The molecule has 8 nitrogen and oxygen atoms in total. The van der Waals surface area contributed by atoms with Crippen LogP contribution >= 0.6 is 0 Å². The molecular formula is C22H25FN6O2. The van der Waals surface area contributed by atoms with Crippen LogP contribution in [-0.2, 0) is 4.74 Å². The average molecular weight is 424 g/mol. The van der Waals surface area contributed by atoms with Gasteiger partial charge in [-0.2, -0.15) is 4.98 Å². The number of nitrogen functional groups attached to an aromatic ring is 1. The van der Waals surface area contributed by atoms with Gasteiger partial charge >= 0.3 is 6.09 Å². The van der Waals surface area contributed by atoms with E-state index in [2.05, 4.69) is 15.3 Å². The number of nitrogens with one attached hydrogen (secondary N) is 1. The Bertz CT molecular complexity index is 1110. The van der Waals surface area contributed by atoms with Crippen LogP contribution in [0.1, 0.15) is 27.2 Å². The molecule has 0 aliphatic carbocycles. The van der Waals surface area contributed by atoms with E-state index in [1.54, 1.807) is 12.1 Å². The van der Waals surface area contributed by atoms with Gasteiger partial charge in [0.1, 0.15) is 16.9 Å². The molecule has 9 heteroatoms. The van der Waals surface area contributed by atoms with Gasteiger partial charge in [-0.1, -0.05) is 0 Å². The summed E-state index contributed by atoms with van der Waals surface area (Å²) in [4.78, 5) is 27.6. The molecule has 1 aromatic carbocycles. The molecule has 0 unspecified atom stereocenters. The Balaban J connectivity index is 1.60. The Morgan fingerprint density at radius 2 is 1.90 bits per heavy atom. The standard InChI is InChI=1S/C22H25FN6O2/c1-22(2,3)31-21(30)25-15-10-11-29(12-15)19-18-17(27-20(24)28-19)9-8-16(26-18)13-4-6-14(23)7-5-13/h4-9,15H,10-12H2,1-3H3,(H,25,30)(H2,24,27,28)/t15-/m1/s1. The van der Waals surface area contributed by atoms with E-state index in [1.165, 1.54) is 12.1 Å². The molecular weight excluding hydrogens is 399 g/mol. The number of pyridine rings is 1. The summed E-state index contributed by atoms with van der Waals surface area (Å²) in [5.41, 5.74) is 8.08. The van der Waals surface area contributed by atoms with Crippen LogP contribution in [0.25, 0.3) is 22.3 Å². The van der Waals surface area contributed by atoms with Gasteiger partial charge in [-0.05, 0) is 63.6 Å². The Hall–Kier alpha value is -3.49. The van der Waals surface area contributed by atoms with Gasteiger partial charge in [0, 0.05) is 18.7 Å². The van der Waals surface area contributed by atoms with Gasteiger partial charge in [0.2, 0.25) is 5.95 Å². The molecule has 3 aromatic rings. The fourth-order valence-corrected chi connectivity index (χ4v) is 3.56. The van der Waals surface area contributed by atoms with E-state index in [0.29, 0.717) is 35.6 Å². The van der Waals surface area contributed by atoms with Crippen molar-refractivity contribution in [2.45, 2.75) is 38.8 Å². The van der Waals surface area contributed by atoms with Crippen molar-refractivity contribution >= 4 is 28.9 Å². The van der Waals surface area contributed by atoms with Crippen LogP contribution in [0.4, 0.5) is 21.0 Å². The molecule has 162 valence electrons. The van der Waals surface area contributed by atoms with Crippen LogP contribution in [0.2, 0.25) is 0 Å². The minimum atomic E-state index is -0.555. The number of anilines is 2. The van der Waals surface area contributed by atoms with E-state index >= 15 is 0 Å². The predicted octanol–water partition coefficient (Wildman–Crippen LogP) is 3.52. The zero-order valence-corrected chi connectivity index (χ0v) is 17.7. The Morgan fingerprint density at radius 1 is 1.16 bits per heavy atom. The molecule has 0 radical (unpaired) electrons. The van der Waals surface area contributed by atoms with Crippen LogP contribution in [0.3, 0.4) is 0 Å². The first-order valence-electron chi connectivity index (χ1n) is 10.1. The molecule has 1 aliphatic heterocycles. The lowest BCUT2D eigenvalue weighted by Crippen LogP contribution is -2.40. The summed E-state index contributed by atoms with van der Waals surface area (Å²) in [5, 5.41) is 2.91. The van der Waals surface area contributed by atoms with E-state index in [1.807, 2.05) is 37.8 Å². The highest BCUT2D eigenvalue weighted by molar-refractivity contribution is 5.88. The molecule has 3 N–H and O–H groups in total. The number of hydrogen-bond donors (Lipinski definition) is 2. The number of ether oxygens (including phenoxy) is 1. The van der Waals surface area contributed by atoms with E-state index in [0.717, 1.165) is 12.0 Å². The smallest absolute Gasteiger partial charge is 0.407 e. The molecule has 1 amide bonds. The van der Waals surface area contributed by atoms with Crippen molar-refractivity contribution in [1.82, 2.24) is 20.3 Å². The van der Waals surface area contributed by atoms with Gasteiger partial charge in [0.15, 0.2) is 5.82 Å². The second-order valence-corrected chi connectivity index (χ2v) is 8.55. The highest BCUT2D eigenvalue weighted by Gasteiger charge is 2.28. The summed E-state index contributed by atoms with van der Waals surface area (Å²) in [7, 11) is 0. The summed E-state index contributed by atoms with van der Waals surface area (Å²) < 4.78 is 18.6. The Kier molecular flexibility index (Phi) is 5.34. The Labute approximate surface area is 179 Å². The SMILES string of the molecule is CC(C)(C)OC(=O)N[C@@H]1CCN(c2nc(N)nc3ccc(-c4ccc(F)cc4)nc23)C1. The summed E-state index contributed by atoms with van der Waals surface area (Å²) in [6.45, 7) is 6.71. The second-order valence-electron chi connectivity index (χ2n) is 8.55. The zero-order chi connectivity index (χ0) is 22.2. The molecule has 31 heavy (non-hydrogen) atoms. The molecule has 1 aliphatic rings. The van der Waals surface area contributed by atoms with E-state index in [-0.39, 0.29) is 17.8 Å². The average Bonchev–Trinajstić information content (AvgIpc) is 3.14. The number of benzene rings is 1. The first kappa shape index (κ1) is 20.8. The molecule has 1 atom stereocenters. The molecule has 2 aromatic heterocycles. The number of nitrogens with two attached hydrogens (primary N) is 1. The number of aromatic nitrogens is 3. The topological polar surface area (TPSA) is 106 Å². The van der Waals surface area contributed by atoms with Crippen molar-refractivity contribution in [2.24, 2.45) is 0 Å². The fraction of sp³-hybridized carbons (Fsp3) is 0.364. The lowest BCUT2D eigenvalue weighted by Gasteiger charge is -2.22. The molecule has 0 spiro atoms. The quantitative estimate of drug-likeness (QED) is 0.663. The van der Waals surface area contributed by atoms with Gasteiger partial charge < -0.3 is 20.7 Å².